The van der Waals surface area contributed by atoms with Crippen LogP contribution in [0.1, 0.15) is 5.56 Å². The topological polar surface area (TPSA) is 67.4 Å². The Hall–Kier alpha value is -1.75. The summed E-state index contributed by atoms with van der Waals surface area (Å²) in [6.45, 7) is 1.59. The highest BCUT2D eigenvalue weighted by molar-refractivity contribution is 6.30. The Labute approximate surface area is 104 Å². The Kier molecular flexibility index (Phi) is 4.78. The molecule has 2 N–H and O–H groups in total. The maximum Gasteiger partial charge on any atom is 0.321 e. The highest BCUT2D eigenvalue weighted by Crippen LogP contribution is 2.21. The molecule has 0 bridgehead atoms. The second-order valence-electron chi connectivity index (χ2n) is 3.33. The third-order valence-corrected chi connectivity index (χ3v) is 2.21. The van der Waals surface area contributed by atoms with Crippen LogP contribution >= 0.6 is 11.6 Å². The number of urea groups is 1. The standard InChI is InChI=1S/C11H13ClN2O3/c1-7-5-8(12)3-4-9(7)17-6-10(15)14-11(16)13-2/h3-5H,6H2,1-2H3,(H2,13,14,15,16). The molecule has 5 nitrogen and oxygen atoms in total. The quantitative estimate of drug-likeness (QED) is 0.861. The summed E-state index contributed by atoms with van der Waals surface area (Å²) in [7, 11) is 1.42. The minimum atomic E-state index is -0.563. The number of hydrogen-bond acceptors (Lipinski definition) is 3. The molecule has 92 valence electrons. The molecule has 0 aliphatic heterocycles. The van der Waals surface area contributed by atoms with Crippen LogP contribution in [0.2, 0.25) is 5.02 Å². The van der Waals surface area contributed by atoms with E-state index in [1.54, 1.807) is 18.2 Å². The zero-order valence-corrected chi connectivity index (χ0v) is 10.3. The lowest BCUT2D eigenvalue weighted by Gasteiger charge is -2.08. The predicted molar refractivity (Wildman–Crippen MR) is 64.3 cm³/mol. The molecule has 0 saturated heterocycles. The summed E-state index contributed by atoms with van der Waals surface area (Å²) in [6, 6.07) is 4.50. The smallest absolute Gasteiger partial charge is 0.321 e. The Morgan fingerprint density at radius 2 is 2.12 bits per heavy atom. The molecule has 0 aliphatic carbocycles. The van der Waals surface area contributed by atoms with E-state index >= 15 is 0 Å². The number of rotatable bonds is 3. The molecule has 17 heavy (non-hydrogen) atoms. The Bertz CT molecular complexity index is 435. The molecule has 0 unspecified atom stereocenters. The molecule has 0 aromatic heterocycles. The third-order valence-electron chi connectivity index (χ3n) is 1.98. The van der Waals surface area contributed by atoms with Gasteiger partial charge < -0.3 is 10.1 Å². The Balaban J connectivity index is 2.50. The van der Waals surface area contributed by atoms with E-state index in [0.29, 0.717) is 10.8 Å². The van der Waals surface area contributed by atoms with E-state index in [2.05, 4.69) is 10.6 Å². The van der Waals surface area contributed by atoms with Crippen molar-refractivity contribution >= 4 is 23.5 Å². The van der Waals surface area contributed by atoms with Crippen LogP contribution in [0, 0.1) is 6.92 Å². The number of imide groups is 1. The molecule has 0 fully saturated rings. The molecular weight excluding hydrogens is 244 g/mol. The highest BCUT2D eigenvalue weighted by Gasteiger charge is 2.07. The number of carbonyl (C=O) groups is 2. The van der Waals surface area contributed by atoms with Gasteiger partial charge in [0, 0.05) is 12.1 Å². The van der Waals surface area contributed by atoms with Crippen LogP contribution in [0.3, 0.4) is 0 Å². The summed E-state index contributed by atoms with van der Waals surface area (Å²) in [5.41, 5.74) is 0.824. The van der Waals surface area contributed by atoms with E-state index in [1.807, 2.05) is 6.92 Å². The minimum absolute atomic E-state index is 0.226. The fourth-order valence-electron chi connectivity index (χ4n) is 1.14. The van der Waals surface area contributed by atoms with Crippen molar-refractivity contribution < 1.29 is 14.3 Å². The largest absolute Gasteiger partial charge is 0.483 e. The molecule has 0 heterocycles. The van der Waals surface area contributed by atoms with Gasteiger partial charge in [-0.25, -0.2) is 4.79 Å². The van der Waals surface area contributed by atoms with Crippen molar-refractivity contribution in [3.63, 3.8) is 0 Å². The third kappa shape index (κ3) is 4.32. The van der Waals surface area contributed by atoms with Crippen LogP contribution in [-0.4, -0.2) is 25.6 Å². The van der Waals surface area contributed by atoms with Gasteiger partial charge in [-0.05, 0) is 30.7 Å². The lowest BCUT2D eigenvalue weighted by Crippen LogP contribution is -2.39. The first-order valence-corrected chi connectivity index (χ1v) is 5.31. The molecule has 0 spiro atoms. The van der Waals surface area contributed by atoms with Crippen LogP contribution in [0.5, 0.6) is 5.75 Å². The summed E-state index contributed by atoms with van der Waals surface area (Å²) in [6.07, 6.45) is 0. The number of aryl methyl sites for hydroxylation is 1. The van der Waals surface area contributed by atoms with E-state index < -0.39 is 11.9 Å². The highest BCUT2D eigenvalue weighted by atomic mass is 35.5. The molecule has 0 radical (unpaired) electrons. The molecule has 0 aliphatic rings. The van der Waals surface area contributed by atoms with Gasteiger partial charge in [0.2, 0.25) is 0 Å². The van der Waals surface area contributed by atoms with Gasteiger partial charge in [0.25, 0.3) is 5.91 Å². The van der Waals surface area contributed by atoms with Crippen molar-refractivity contribution in [2.45, 2.75) is 6.92 Å². The normalized spacial score (nSPS) is 9.59. The molecule has 3 amide bonds. The van der Waals surface area contributed by atoms with Gasteiger partial charge in [-0.2, -0.15) is 0 Å². The monoisotopic (exact) mass is 256 g/mol. The van der Waals surface area contributed by atoms with Gasteiger partial charge in [-0.1, -0.05) is 11.6 Å². The van der Waals surface area contributed by atoms with Crippen LogP contribution in [0.15, 0.2) is 18.2 Å². The van der Waals surface area contributed by atoms with Crippen molar-refractivity contribution in [2.75, 3.05) is 13.7 Å². The molecule has 1 aromatic carbocycles. The summed E-state index contributed by atoms with van der Waals surface area (Å²) in [5.74, 6) is 0.0418. The zero-order valence-electron chi connectivity index (χ0n) is 9.54. The van der Waals surface area contributed by atoms with Gasteiger partial charge >= 0.3 is 6.03 Å². The number of ether oxygens (including phenoxy) is 1. The lowest BCUT2D eigenvalue weighted by molar-refractivity contribution is -0.122. The van der Waals surface area contributed by atoms with Crippen molar-refractivity contribution in [2.24, 2.45) is 0 Å². The van der Waals surface area contributed by atoms with Crippen LogP contribution in [0.4, 0.5) is 4.79 Å². The number of amides is 3. The van der Waals surface area contributed by atoms with Crippen LogP contribution in [-0.2, 0) is 4.79 Å². The summed E-state index contributed by atoms with van der Waals surface area (Å²) in [4.78, 5) is 22.1. The SMILES string of the molecule is CNC(=O)NC(=O)COc1ccc(Cl)cc1C. The first-order chi connectivity index (χ1) is 8.02. The zero-order chi connectivity index (χ0) is 12.8. The first-order valence-electron chi connectivity index (χ1n) is 4.93. The Morgan fingerprint density at radius 1 is 1.41 bits per heavy atom. The molecule has 0 atom stereocenters. The van der Waals surface area contributed by atoms with Crippen molar-refractivity contribution in [1.29, 1.82) is 0 Å². The van der Waals surface area contributed by atoms with Gasteiger partial charge in [-0.3, -0.25) is 10.1 Å². The fourth-order valence-corrected chi connectivity index (χ4v) is 1.37. The van der Waals surface area contributed by atoms with Gasteiger partial charge in [0.05, 0.1) is 0 Å². The summed E-state index contributed by atoms with van der Waals surface area (Å²) in [5, 5.41) is 4.96. The van der Waals surface area contributed by atoms with Crippen LogP contribution in [0.25, 0.3) is 0 Å². The van der Waals surface area contributed by atoms with E-state index in [9.17, 15) is 9.59 Å². The van der Waals surface area contributed by atoms with Crippen LogP contribution < -0.4 is 15.4 Å². The molecule has 1 aromatic rings. The van der Waals surface area contributed by atoms with E-state index in [1.165, 1.54) is 7.05 Å². The average Bonchev–Trinajstić information content (AvgIpc) is 2.27. The number of hydrogen-bond donors (Lipinski definition) is 2. The maximum atomic E-state index is 11.2. The number of nitrogens with one attached hydrogen (secondary N) is 2. The van der Waals surface area contributed by atoms with Crippen molar-refractivity contribution in [3.05, 3.63) is 28.8 Å². The number of halogens is 1. The Morgan fingerprint density at radius 3 is 2.71 bits per heavy atom. The second-order valence-corrected chi connectivity index (χ2v) is 3.76. The van der Waals surface area contributed by atoms with Crippen molar-refractivity contribution in [1.82, 2.24) is 10.6 Å². The molecule has 0 saturated carbocycles. The lowest BCUT2D eigenvalue weighted by atomic mass is 10.2. The second kappa shape index (κ2) is 6.10. The predicted octanol–water partition coefficient (Wildman–Crippen LogP) is 1.48. The van der Waals surface area contributed by atoms with E-state index in [-0.39, 0.29) is 6.61 Å². The van der Waals surface area contributed by atoms with Gasteiger partial charge in [-0.15, -0.1) is 0 Å². The molecule has 1 rings (SSSR count). The number of benzene rings is 1. The maximum absolute atomic E-state index is 11.2. The first kappa shape index (κ1) is 13.3. The van der Waals surface area contributed by atoms with E-state index in [4.69, 9.17) is 16.3 Å². The van der Waals surface area contributed by atoms with Gasteiger partial charge in [0.1, 0.15) is 5.75 Å². The van der Waals surface area contributed by atoms with E-state index in [0.717, 1.165) is 5.56 Å². The fraction of sp³-hybridized carbons (Fsp3) is 0.273. The summed E-state index contributed by atoms with van der Waals surface area (Å²) < 4.78 is 5.25. The summed E-state index contributed by atoms with van der Waals surface area (Å²) >= 11 is 5.78. The minimum Gasteiger partial charge on any atom is -0.483 e. The molecular formula is C11H13ClN2O3. The average molecular weight is 257 g/mol. The number of carbonyl (C=O) groups excluding carboxylic acids is 2. The van der Waals surface area contributed by atoms with Gasteiger partial charge in [0.15, 0.2) is 6.61 Å². The van der Waals surface area contributed by atoms with Crippen molar-refractivity contribution in [3.8, 4) is 5.75 Å². The molecule has 6 heteroatoms.